The smallest absolute Gasteiger partial charge is 0.332 e. The lowest BCUT2D eigenvalue weighted by Gasteiger charge is -2.29. The monoisotopic (exact) mass is 613 g/mol. The maximum atomic E-state index is 13.8. The van der Waals surface area contributed by atoms with E-state index >= 15 is 0 Å². The van der Waals surface area contributed by atoms with E-state index in [9.17, 15) is 19.2 Å². The average Bonchev–Trinajstić information content (AvgIpc) is 3.36. The Morgan fingerprint density at radius 1 is 0.778 bits per heavy atom. The lowest BCUT2D eigenvalue weighted by Crippen LogP contribution is -2.42. The summed E-state index contributed by atoms with van der Waals surface area (Å²) in [5.74, 6) is -0.687. The van der Waals surface area contributed by atoms with Gasteiger partial charge in [0.25, 0.3) is 5.56 Å². The van der Waals surface area contributed by atoms with E-state index in [2.05, 4.69) is 5.32 Å². The molecule has 2 heterocycles. The summed E-state index contributed by atoms with van der Waals surface area (Å²) in [4.78, 5) is 54.8. The maximum absolute atomic E-state index is 13.8. The van der Waals surface area contributed by atoms with Crippen LogP contribution in [0.5, 0.6) is 5.75 Å². The number of fused-ring (bicyclic) bond motifs is 3. The number of rotatable bonds is 6. The SMILES string of the molecule is Cn1c2c(c(=O)n(C)c1=O)[C@@H](c1ccc(OC(=O)[C@H](Sc3ccccc3)c3ccccc3)cc1)C1=C(N2)c2ccccc2C1=O. The molecule has 0 spiro atoms. The molecule has 45 heavy (non-hydrogen) atoms. The minimum Gasteiger partial charge on any atom is -0.425 e. The molecule has 0 radical (unpaired) electrons. The van der Waals surface area contributed by atoms with Crippen LogP contribution in [0, 0.1) is 0 Å². The molecule has 2 aliphatic rings. The second-order valence-electron chi connectivity index (χ2n) is 10.9. The van der Waals surface area contributed by atoms with Crippen LogP contribution < -0.4 is 21.3 Å². The number of benzene rings is 4. The van der Waals surface area contributed by atoms with E-state index in [4.69, 9.17) is 4.74 Å². The number of anilines is 1. The summed E-state index contributed by atoms with van der Waals surface area (Å²) in [5.41, 5.74) is 3.07. The van der Waals surface area contributed by atoms with E-state index in [1.54, 1.807) is 43.4 Å². The van der Waals surface area contributed by atoms with Crippen molar-refractivity contribution >= 4 is 35.0 Å². The summed E-state index contributed by atoms with van der Waals surface area (Å²) in [6.07, 6.45) is 0. The standard InChI is InChI=1S/C36H27N3O5S/c1-38-33-29(34(41)39(2)36(38)43)27(28-30(37-33)25-15-9-10-16-26(25)31(28)40)21-17-19-23(20-18-21)44-35(42)32(22-11-5-3-6-12-22)45-24-13-7-4-8-14-24/h3-20,27,32,37H,1-2H3/t27-,32+/m0/s1. The lowest BCUT2D eigenvalue weighted by atomic mass is 9.81. The maximum Gasteiger partial charge on any atom is 0.332 e. The van der Waals surface area contributed by atoms with E-state index in [1.807, 2.05) is 72.8 Å². The van der Waals surface area contributed by atoms with Crippen molar-refractivity contribution in [3.05, 3.63) is 163 Å². The molecular formula is C36H27N3O5S. The predicted molar refractivity (Wildman–Crippen MR) is 174 cm³/mol. The summed E-state index contributed by atoms with van der Waals surface area (Å²) in [6.45, 7) is 0. The van der Waals surface area contributed by atoms with Gasteiger partial charge in [-0.2, -0.15) is 0 Å². The van der Waals surface area contributed by atoms with Crippen LogP contribution in [0.15, 0.2) is 129 Å². The van der Waals surface area contributed by atoms with Crippen molar-refractivity contribution in [2.24, 2.45) is 14.1 Å². The quantitative estimate of drug-likeness (QED) is 0.149. The van der Waals surface area contributed by atoms with Crippen LogP contribution in [-0.4, -0.2) is 20.9 Å². The number of carbonyl (C=O) groups excluding carboxylic acids is 2. The second-order valence-corrected chi connectivity index (χ2v) is 12.1. The van der Waals surface area contributed by atoms with Crippen LogP contribution in [0.3, 0.4) is 0 Å². The highest BCUT2D eigenvalue weighted by Crippen LogP contribution is 2.48. The van der Waals surface area contributed by atoms with E-state index in [-0.39, 0.29) is 5.78 Å². The van der Waals surface area contributed by atoms with Crippen molar-refractivity contribution in [2.75, 3.05) is 5.32 Å². The number of hydrogen-bond donors (Lipinski definition) is 1. The molecule has 0 amide bonds. The van der Waals surface area contributed by atoms with E-state index in [0.29, 0.717) is 39.5 Å². The van der Waals surface area contributed by atoms with Crippen LogP contribution in [0.4, 0.5) is 5.82 Å². The second kappa shape index (κ2) is 11.3. The molecule has 8 nitrogen and oxygen atoms in total. The number of ether oxygens (including phenoxy) is 1. The zero-order valence-electron chi connectivity index (χ0n) is 24.4. The molecule has 1 aliphatic carbocycles. The fraction of sp³-hybridized carbons (Fsp3) is 0.111. The Balaban J connectivity index is 1.26. The molecule has 0 fully saturated rings. The zero-order chi connectivity index (χ0) is 31.2. The van der Waals surface area contributed by atoms with E-state index in [1.165, 1.54) is 23.4 Å². The molecule has 0 saturated carbocycles. The number of aromatic nitrogens is 2. The Labute approximate surface area is 262 Å². The Morgan fingerprint density at radius 2 is 1.40 bits per heavy atom. The minimum absolute atomic E-state index is 0.182. The normalized spacial score (nSPS) is 15.5. The summed E-state index contributed by atoms with van der Waals surface area (Å²) in [6, 6.07) is 33.3. The van der Waals surface area contributed by atoms with Gasteiger partial charge in [-0.25, -0.2) is 4.79 Å². The number of Topliss-reactive ketones (excluding diaryl/α,β-unsaturated/α-hetero) is 1. The number of carbonyl (C=O) groups is 2. The number of nitrogens with zero attached hydrogens (tertiary/aromatic N) is 2. The van der Waals surface area contributed by atoms with Crippen molar-refractivity contribution < 1.29 is 14.3 Å². The minimum atomic E-state index is -0.753. The molecule has 4 aromatic carbocycles. The Bertz CT molecular complexity index is 2130. The van der Waals surface area contributed by atoms with Crippen LogP contribution in [0.2, 0.25) is 0 Å². The summed E-state index contributed by atoms with van der Waals surface area (Å²) in [7, 11) is 3.02. The van der Waals surface area contributed by atoms with Gasteiger partial charge in [0, 0.05) is 41.6 Å². The highest BCUT2D eigenvalue weighted by molar-refractivity contribution is 8.00. The Morgan fingerprint density at radius 3 is 2.09 bits per heavy atom. The summed E-state index contributed by atoms with van der Waals surface area (Å²) < 4.78 is 8.33. The molecule has 9 heteroatoms. The predicted octanol–water partition coefficient (Wildman–Crippen LogP) is 5.69. The molecule has 7 rings (SSSR count). The molecule has 2 atom stereocenters. The first kappa shape index (κ1) is 28.4. The molecule has 0 unspecified atom stereocenters. The molecule has 0 saturated heterocycles. The van der Waals surface area contributed by atoms with Gasteiger partial charge in [-0.15, -0.1) is 11.8 Å². The van der Waals surface area contributed by atoms with E-state index in [0.717, 1.165) is 20.6 Å². The lowest BCUT2D eigenvalue weighted by molar-refractivity contribution is -0.133. The van der Waals surface area contributed by atoms with E-state index < -0.39 is 28.4 Å². The summed E-state index contributed by atoms with van der Waals surface area (Å²) in [5, 5.41) is 2.64. The van der Waals surface area contributed by atoms with Crippen LogP contribution >= 0.6 is 11.8 Å². The number of nitrogens with one attached hydrogen (secondary N) is 1. The van der Waals surface area contributed by atoms with Gasteiger partial charge in [0.2, 0.25) is 0 Å². The first-order valence-corrected chi connectivity index (χ1v) is 15.2. The van der Waals surface area contributed by atoms with Crippen LogP contribution in [0.25, 0.3) is 5.70 Å². The van der Waals surface area contributed by atoms with Gasteiger partial charge in [0.1, 0.15) is 16.8 Å². The van der Waals surface area contributed by atoms with Crippen molar-refractivity contribution in [3.63, 3.8) is 0 Å². The fourth-order valence-electron chi connectivity index (χ4n) is 6.00. The van der Waals surface area contributed by atoms with Crippen LogP contribution in [-0.2, 0) is 18.9 Å². The largest absolute Gasteiger partial charge is 0.425 e. The van der Waals surface area contributed by atoms with Gasteiger partial charge in [-0.05, 0) is 35.4 Å². The van der Waals surface area contributed by atoms with Gasteiger partial charge in [-0.1, -0.05) is 84.9 Å². The topological polar surface area (TPSA) is 99.4 Å². The van der Waals surface area contributed by atoms with Crippen molar-refractivity contribution in [1.82, 2.24) is 9.13 Å². The van der Waals surface area contributed by atoms with Crippen LogP contribution in [0.1, 0.15) is 43.8 Å². The first-order chi connectivity index (χ1) is 21.8. The van der Waals surface area contributed by atoms with Crippen molar-refractivity contribution in [2.45, 2.75) is 16.1 Å². The fourth-order valence-corrected chi connectivity index (χ4v) is 7.03. The molecule has 1 aromatic heterocycles. The number of ketones is 1. The zero-order valence-corrected chi connectivity index (χ0v) is 25.2. The number of hydrogen-bond acceptors (Lipinski definition) is 7. The third-order valence-electron chi connectivity index (χ3n) is 8.22. The van der Waals surface area contributed by atoms with Gasteiger partial charge >= 0.3 is 11.7 Å². The van der Waals surface area contributed by atoms with Crippen molar-refractivity contribution in [3.8, 4) is 5.75 Å². The van der Waals surface area contributed by atoms with Gasteiger partial charge in [0.05, 0.1) is 11.3 Å². The molecule has 5 aromatic rings. The molecular weight excluding hydrogens is 586 g/mol. The number of thioether (sulfide) groups is 1. The average molecular weight is 614 g/mol. The molecule has 0 bridgehead atoms. The van der Waals surface area contributed by atoms with Crippen molar-refractivity contribution in [1.29, 1.82) is 0 Å². The summed E-state index contributed by atoms with van der Waals surface area (Å²) >= 11 is 1.41. The Kier molecular flexibility index (Phi) is 7.10. The molecule has 1 aliphatic heterocycles. The van der Waals surface area contributed by atoms with Gasteiger partial charge < -0.3 is 10.1 Å². The highest BCUT2D eigenvalue weighted by atomic mass is 32.2. The highest BCUT2D eigenvalue weighted by Gasteiger charge is 2.42. The Hall–Kier alpha value is -5.41. The molecule has 222 valence electrons. The third kappa shape index (κ3) is 4.81. The number of allylic oxidation sites excluding steroid dienone is 1. The van der Waals surface area contributed by atoms with Gasteiger partial charge in [-0.3, -0.25) is 23.5 Å². The first-order valence-electron chi connectivity index (χ1n) is 14.4. The van der Waals surface area contributed by atoms with Gasteiger partial charge in [0.15, 0.2) is 5.78 Å². The molecule has 1 N–H and O–H groups in total. The number of esters is 1. The third-order valence-corrected chi connectivity index (χ3v) is 9.47.